The molecule has 2 aromatic rings. The summed E-state index contributed by atoms with van der Waals surface area (Å²) in [6.07, 6.45) is 2.01. The van der Waals surface area contributed by atoms with E-state index < -0.39 is 8.80 Å². The molecule has 2 rings (SSSR count). The molecule has 20 heavy (non-hydrogen) atoms. The van der Waals surface area contributed by atoms with Crippen LogP contribution in [0.3, 0.4) is 0 Å². The molecule has 3 nitrogen and oxygen atoms in total. The highest BCUT2D eigenvalue weighted by Gasteiger charge is 2.36. The first-order valence-corrected chi connectivity index (χ1v) is 8.79. The molecule has 0 N–H and O–H groups in total. The van der Waals surface area contributed by atoms with Gasteiger partial charge in [0.05, 0.1) is 0 Å². The van der Waals surface area contributed by atoms with Crippen LogP contribution in [0.4, 0.5) is 0 Å². The van der Waals surface area contributed by atoms with Crippen LogP contribution in [0.5, 0.6) is 0 Å². The lowest BCUT2D eigenvalue weighted by Gasteiger charge is -2.24. The minimum atomic E-state index is -2.42. The van der Waals surface area contributed by atoms with Crippen molar-refractivity contribution >= 4 is 19.6 Å². The van der Waals surface area contributed by atoms with Crippen molar-refractivity contribution in [3.05, 3.63) is 48.0 Å². The Bertz CT molecular complexity index is 544. The van der Waals surface area contributed by atoms with E-state index in [2.05, 4.69) is 42.5 Å². The summed E-state index contributed by atoms with van der Waals surface area (Å²) in [5.74, 6) is 0. The van der Waals surface area contributed by atoms with E-state index in [0.717, 1.165) is 18.9 Å². The van der Waals surface area contributed by atoms with E-state index in [9.17, 15) is 0 Å². The predicted octanol–water partition coefficient (Wildman–Crippen LogP) is 3.65. The van der Waals surface area contributed by atoms with E-state index in [1.807, 2.05) is 0 Å². The molecule has 0 unspecified atom stereocenters. The Labute approximate surface area is 121 Å². The Kier molecular flexibility index (Phi) is 5.31. The van der Waals surface area contributed by atoms with Crippen molar-refractivity contribution in [2.75, 3.05) is 21.3 Å². The molecule has 0 saturated carbocycles. The Morgan fingerprint density at radius 2 is 1.50 bits per heavy atom. The van der Waals surface area contributed by atoms with Crippen molar-refractivity contribution in [2.45, 2.75) is 18.9 Å². The SMILES string of the molecule is CO[Si](CCCc1ccc2ccccc2c1)(OC)OC. The van der Waals surface area contributed by atoms with Crippen molar-refractivity contribution in [3.63, 3.8) is 0 Å². The molecule has 0 aromatic heterocycles. The highest BCUT2D eigenvalue weighted by Crippen LogP contribution is 2.20. The van der Waals surface area contributed by atoms with E-state index in [-0.39, 0.29) is 0 Å². The second kappa shape index (κ2) is 6.99. The van der Waals surface area contributed by atoms with E-state index in [4.69, 9.17) is 13.3 Å². The lowest BCUT2D eigenvalue weighted by molar-refractivity contribution is 0.123. The van der Waals surface area contributed by atoms with Crippen LogP contribution in [-0.4, -0.2) is 30.1 Å². The van der Waals surface area contributed by atoms with Crippen molar-refractivity contribution in [1.82, 2.24) is 0 Å². The van der Waals surface area contributed by atoms with Crippen LogP contribution in [0.1, 0.15) is 12.0 Å². The van der Waals surface area contributed by atoms with Crippen LogP contribution in [0, 0.1) is 0 Å². The average molecular weight is 290 g/mol. The third-order valence-electron chi connectivity index (χ3n) is 3.70. The van der Waals surface area contributed by atoms with Crippen LogP contribution in [0.25, 0.3) is 10.8 Å². The summed E-state index contributed by atoms with van der Waals surface area (Å²) in [7, 11) is 2.56. The Hall–Kier alpha value is -1.20. The molecule has 0 saturated heterocycles. The molecular formula is C16H22O3Si. The fraction of sp³-hybridized carbons (Fsp3) is 0.375. The lowest BCUT2D eigenvalue weighted by atomic mass is 10.0. The summed E-state index contributed by atoms with van der Waals surface area (Å²) >= 11 is 0. The highest BCUT2D eigenvalue weighted by molar-refractivity contribution is 6.60. The van der Waals surface area contributed by atoms with Gasteiger partial charge in [-0.1, -0.05) is 42.5 Å². The van der Waals surface area contributed by atoms with E-state index in [0.29, 0.717) is 0 Å². The molecule has 0 spiro atoms. The van der Waals surface area contributed by atoms with Crippen molar-refractivity contribution in [3.8, 4) is 0 Å². The minimum absolute atomic E-state index is 0.837. The Morgan fingerprint density at radius 1 is 0.850 bits per heavy atom. The Morgan fingerprint density at radius 3 is 2.15 bits per heavy atom. The number of hydrogen-bond acceptors (Lipinski definition) is 3. The van der Waals surface area contributed by atoms with Gasteiger partial charge in [0.2, 0.25) is 0 Å². The zero-order chi connectivity index (χ0) is 14.4. The topological polar surface area (TPSA) is 27.7 Å². The molecule has 0 radical (unpaired) electrons. The number of benzene rings is 2. The van der Waals surface area contributed by atoms with Gasteiger partial charge in [0.15, 0.2) is 0 Å². The predicted molar refractivity (Wildman–Crippen MR) is 83.9 cm³/mol. The summed E-state index contributed by atoms with van der Waals surface area (Å²) in [6.45, 7) is 0. The minimum Gasteiger partial charge on any atom is -0.377 e. The molecule has 108 valence electrons. The van der Waals surface area contributed by atoms with Gasteiger partial charge >= 0.3 is 8.80 Å². The summed E-state index contributed by atoms with van der Waals surface area (Å²) in [5.41, 5.74) is 1.34. The van der Waals surface area contributed by atoms with E-state index >= 15 is 0 Å². The van der Waals surface area contributed by atoms with E-state index in [1.54, 1.807) is 21.3 Å². The van der Waals surface area contributed by atoms with Gasteiger partial charge in [0, 0.05) is 27.4 Å². The number of fused-ring (bicyclic) bond motifs is 1. The standard InChI is InChI=1S/C16H22O3Si/c1-17-20(18-2,19-3)12-6-7-14-10-11-15-8-4-5-9-16(15)13-14/h4-5,8-11,13H,6-7,12H2,1-3H3. The fourth-order valence-electron chi connectivity index (χ4n) is 2.46. The van der Waals surface area contributed by atoms with Crippen LogP contribution < -0.4 is 0 Å². The first kappa shape index (κ1) is 15.2. The third-order valence-corrected chi connectivity index (χ3v) is 6.53. The molecule has 4 heteroatoms. The molecule has 0 aliphatic heterocycles. The fourth-order valence-corrected chi connectivity index (χ4v) is 4.18. The quantitative estimate of drug-likeness (QED) is 0.729. The largest absolute Gasteiger partial charge is 0.500 e. The monoisotopic (exact) mass is 290 g/mol. The van der Waals surface area contributed by atoms with Gasteiger partial charge < -0.3 is 13.3 Å². The molecule has 2 aromatic carbocycles. The maximum Gasteiger partial charge on any atom is 0.500 e. The smallest absolute Gasteiger partial charge is 0.377 e. The van der Waals surface area contributed by atoms with Gasteiger partial charge in [0.1, 0.15) is 0 Å². The number of rotatable bonds is 7. The number of hydrogen-bond donors (Lipinski definition) is 0. The van der Waals surface area contributed by atoms with Gasteiger partial charge in [-0.3, -0.25) is 0 Å². The number of aryl methyl sites for hydroxylation is 1. The third kappa shape index (κ3) is 3.46. The van der Waals surface area contributed by atoms with Gasteiger partial charge in [-0.05, 0) is 29.2 Å². The summed E-state index contributed by atoms with van der Waals surface area (Å²) in [5, 5.41) is 2.57. The van der Waals surface area contributed by atoms with Crippen molar-refractivity contribution < 1.29 is 13.3 Å². The molecule has 0 amide bonds. The highest BCUT2D eigenvalue weighted by atomic mass is 28.4. The van der Waals surface area contributed by atoms with Crippen LogP contribution in [0.15, 0.2) is 42.5 Å². The normalized spacial score (nSPS) is 11.9. The van der Waals surface area contributed by atoms with Gasteiger partial charge in [0.25, 0.3) is 0 Å². The molecule has 0 bridgehead atoms. The summed E-state index contributed by atoms with van der Waals surface area (Å²) in [6, 6.07) is 15.9. The van der Waals surface area contributed by atoms with Crippen LogP contribution in [0.2, 0.25) is 6.04 Å². The first-order chi connectivity index (χ1) is 9.73. The maximum atomic E-state index is 5.44. The van der Waals surface area contributed by atoms with Crippen LogP contribution >= 0.6 is 0 Å². The molecule has 0 heterocycles. The molecule has 0 fully saturated rings. The van der Waals surface area contributed by atoms with Crippen molar-refractivity contribution in [1.29, 1.82) is 0 Å². The second-order valence-electron chi connectivity index (χ2n) is 4.83. The molecular weight excluding hydrogens is 268 g/mol. The molecule has 0 aliphatic carbocycles. The summed E-state index contributed by atoms with van der Waals surface area (Å²) < 4.78 is 16.3. The average Bonchev–Trinajstić information content (AvgIpc) is 2.52. The van der Waals surface area contributed by atoms with Crippen molar-refractivity contribution in [2.24, 2.45) is 0 Å². The molecule has 0 atom stereocenters. The first-order valence-electron chi connectivity index (χ1n) is 6.86. The molecule has 0 aliphatic rings. The zero-order valence-corrected chi connectivity index (χ0v) is 13.4. The Balaban J connectivity index is 1.99. The zero-order valence-electron chi connectivity index (χ0n) is 12.4. The van der Waals surface area contributed by atoms with Crippen LogP contribution in [-0.2, 0) is 19.7 Å². The van der Waals surface area contributed by atoms with E-state index in [1.165, 1.54) is 16.3 Å². The summed E-state index contributed by atoms with van der Waals surface area (Å²) in [4.78, 5) is 0. The maximum absolute atomic E-state index is 5.44. The second-order valence-corrected chi connectivity index (χ2v) is 7.92. The van der Waals surface area contributed by atoms with Gasteiger partial charge in [-0.25, -0.2) is 0 Å². The van der Waals surface area contributed by atoms with Gasteiger partial charge in [-0.2, -0.15) is 0 Å². The lowest BCUT2D eigenvalue weighted by Crippen LogP contribution is -2.42. The van der Waals surface area contributed by atoms with Gasteiger partial charge in [-0.15, -0.1) is 0 Å².